The fourth-order valence-corrected chi connectivity index (χ4v) is 3.95. The van der Waals surface area contributed by atoms with E-state index >= 15 is 0 Å². The minimum absolute atomic E-state index is 0.0591. The molecule has 134 valence electrons. The minimum Gasteiger partial charge on any atom is -0.341 e. The molecule has 1 aromatic carbocycles. The van der Waals surface area contributed by atoms with Gasteiger partial charge in [0.05, 0.1) is 23.1 Å². The molecule has 1 saturated carbocycles. The van der Waals surface area contributed by atoms with Crippen LogP contribution in [0.4, 0.5) is 0 Å². The van der Waals surface area contributed by atoms with Gasteiger partial charge in [-0.05, 0) is 42.9 Å². The summed E-state index contributed by atoms with van der Waals surface area (Å²) < 4.78 is 1.84. The molecule has 0 radical (unpaired) electrons. The van der Waals surface area contributed by atoms with E-state index in [4.69, 9.17) is 11.6 Å². The van der Waals surface area contributed by atoms with E-state index < -0.39 is 0 Å². The number of benzene rings is 1. The molecule has 0 N–H and O–H groups in total. The van der Waals surface area contributed by atoms with Crippen molar-refractivity contribution in [3.63, 3.8) is 0 Å². The molecule has 0 aliphatic heterocycles. The topological polar surface area (TPSA) is 38.1 Å². The van der Waals surface area contributed by atoms with Gasteiger partial charge < -0.3 is 4.90 Å². The van der Waals surface area contributed by atoms with E-state index in [0.717, 1.165) is 17.9 Å². The first-order chi connectivity index (χ1) is 12.0. The maximum atomic E-state index is 13.0. The molecule has 0 saturated heterocycles. The zero-order chi connectivity index (χ0) is 18.0. The van der Waals surface area contributed by atoms with E-state index in [1.807, 2.05) is 40.9 Å². The van der Waals surface area contributed by atoms with Gasteiger partial charge in [-0.1, -0.05) is 44.4 Å². The first kappa shape index (κ1) is 18.0. The van der Waals surface area contributed by atoms with Gasteiger partial charge in [-0.2, -0.15) is 5.10 Å². The molecule has 3 rings (SSSR count). The smallest absolute Gasteiger partial charge is 0.257 e. The number of rotatable bonds is 5. The van der Waals surface area contributed by atoms with Gasteiger partial charge in [-0.15, -0.1) is 0 Å². The first-order valence-electron chi connectivity index (χ1n) is 9.06. The van der Waals surface area contributed by atoms with Crippen LogP contribution in [0.2, 0.25) is 5.02 Å². The Morgan fingerprint density at radius 1 is 1.36 bits per heavy atom. The number of nitrogens with zero attached hydrogens (tertiary/aromatic N) is 3. The summed E-state index contributed by atoms with van der Waals surface area (Å²) in [4.78, 5) is 14.9. The molecule has 25 heavy (non-hydrogen) atoms. The Balaban J connectivity index is 1.89. The lowest BCUT2D eigenvalue weighted by atomic mass is 10.0. The Hall–Kier alpha value is -1.81. The van der Waals surface area contributed by atoms with E-state index in [9.17, 15) is 4.79 Å². The molecule has 1 aromatic heterocycles. The van der Waals surface area contributed by atoms with Gasteiger partial charge in [0.15, 0.2) is 0 Å². The number of hydrogen-bond donors (Lipinski definition) is 0. The van der Waals surface area contributed by atoms with E-state index in [1.165, 1.54) is 25.7 Å². The molecule has 0 bridgehead atoms. The average molecular weight is 360 g/mol. The fourth-order valence-electron chi connectivity index (χ4n) is 3.76. The number of carbonyl (C=O) groups excluding carboxylic acids is 1. The number of amides is 1. The van der Waals surface area contributed by atoms with Crippen LogP contribution in [-0.4, -0.2) is 34.2 Å². The molecule has 2 aromatic rings. The zero-order valence-electron chi connectivity index (χ0n) is 15.2. The van der Waals surface area contributed by atoms with Crippen molar-refractivity contribution >= 4 is 17.5 Å². The third kappa shape index (κ3) is 3.90. The predicted molar refractivity (Wildman–Crippen MR) is 102 cm³/mol. The van der Waals surface area contributed by atoms with Gasteiger partial charge in [-0.25, -0.2) is 4.68 Å². The van der Waals surface area contributed by atoms with Crippen molar-refractivity contribution in [1.82, 2.24) is 14.7 Å². The van der Waals surface area contributed by atoms with Crippen LogP contribution < -0.4 is 0 Å². The summed E-state index contributed by atoms with van der Waals surface area (Å²) in [5.41, 5.74) is 2.51. The van der Waals surface area contributed by atoms with E-state index in [1.54, 1.807) is 6.20 Å². The summed E-state index contributed by atoms with van der Waals surface area (Å²) in [6.07, 6.45) is 6.74. The van der Waals surface area contributed by atoms with Crippen LogP contribution in [0.25, 0.3) is 5.69 Å². The third-order valence-corrected chi connectivity index (χ3v) is 5.23. The lowest BCUT2D eigenvalue weighted by molar-refractivity contribution is 0.0771. The van der Waals surface area contributed by atoms with Crippen LogP contribution in [-0.2, 0) is 0 Å². The van der Waals surface area contributed by atoms with Gasteiger partial charge in [0.25, 0.3) is 5.91 Å². The van der Waals surface area contributed by atoms with E-state index in [2.05, 4.69) is 18.9 Å². The number of halogens is 1. The Morgan fingerprint density at radius 2 is 2.08 bits per heavy atom. The monoisotopic (exact) mass is 359 g/mol. The van der Waals surface area contributed by atoms with Gasteiger partial charge in [0.2, 0.25) is 0 Å². The molecule has 5 heteroatoms. The maximum Gasteiger partial charge on any atom is 0.257 e. The van der Waals surface area contributed by atoms with Crippen LogP contribution in [0.3, 0.4) is 0 Å². The Labute approximate surface area is 154 Å². The minimum atomic E-state index is 0.0591. The van der Waals surface area contributed by atoms with Crippen molar-refractivity contribution in [1.29, 1.82) is 0 Å². The summed E-state index contributed by atoms with van der Waals surface area (Å²) >= 11 is 6.13. The second-order valence-electron chi connectivity index (χ2n) is 7.33. The molecule has 0 spiro atoms. The third-order valence-electron chi connectivity index (χ3n) is 4.99. The molecule has 1 aliphatic carbocycles. The summed E-state index contributed by atoms with van der Waals surface area (Å²) in [6, 6.07) is 7.57. The number of carbonyl (C=O) groups is 1. The molecular weight excluding hydrogens is 334 g/mol. The second-order valence-corrected chi connectivity index (χ2v) is 7.76. The van der Waals surface area contributed by atoms with Crippen molar-refractivity contribution in [3.05, 3.63) is 46.7 Å². The summed E-state index contributed by atoms with van der Waals surface area (Å²) in [5.74, 6) is 0.878. The second kappa shape index (κ2) is 7.61. The zero-order valence-corrected chi connectivity index (χ0v) is 16.0. The molecule has 4 nitrogen and oxygen atoms in total. The summed E-state index contributed by atoms with van der Waals surface area (Å²) in [6.45, 7) is 5.01. The van der Waals surface area contributed by atoms with Crippen molar-refractivity contribution < 1.29 is 4.79 Å². The SMILES string of the molecule is CC(C)c1c(C(=O)N(C)CC2CCCC2)cnn1-c1cccc(Cl)c1. The average Bonchev–Trinajstić information content (AvgIpc) is 3.23. The normalized spacial score (nSPS) is 15.1. The van der Waals surface area contributed by atoms with Gasteiger partial charge in [-0.3, -0.25) is 4.79 Å². The fraction of sp³-hybridized carbons (Fsp3) is 0.500. The van der Waals surface area contributed by atoms with E-state index in [0.29, 0.717) is 16.5 Å². The Morgan fingerprint density at radius 3 is 2.72 bits per heavy atom. The lowest BCUT2D eigenvalue weighted by Crippen LogP contribution is -2.31. The summed E-state index contributed by atoms with van der Waals surface area (Å²) in [7, 11) is 1.90. The largest absolute Gasteiger partial charge is 0.341 e. The molecule has 1 aliphatic rings. The molecule has 1 fully saturated rings. The van der Waals surface area contributed by atoms with Gasteiger partial charge >= 0.3 is 0 Å². The van der Waals surface area contributed by atoms with E-state index in [-0.39, 0.29) is 11.8 Å². The number of aromatic nitrogens is 2. The van der Waals surface area contributed by atoms with Crippen LogP contribution in [0.1, 0.15) is 61.5 Å². The van der Waals surface area contributed by atoms with Gasteiger partial charge in [0.1, 0.15) is 0 Å². The Bertz CT molecular complexity index is 747. The lowest BCUT2D eigenvalue weighted by Gasteiger charge is -2.22. The highest BCUT2D eigenvalue weighted by molar-refractivity contribution is 6.30. The summed E-state index contributed by atoms with van der Waals surface area (Å²) in [5, 5.41) is 5.16. The van der Waals surface area contributed by atoms with Gasteiger partial charge in [0, 0.05) is 18.6 Å². The highest BCUT2D eigenvalue weighted by Crippen LogP contribution is 2.28. The maximum absolute atomic E-state index is 13.0. The van der Waals surface area contributed by atoms with Crippen molar-refractivity contribution in [2.24, 2.45) is 5.92 Å². The van der Waals surface area contributed by atoms with Crippen LogP contribution in [0, 0.1) is 5.92 Å². The van der Waals surface area contributed by atoms with Crippen LogP contribution >= 0.6 is 11.6 Å². The van der Waals surface area contributed by atoms with Crippen molar-refractivity contribution in [2.75, 3.05) is 13.6 Å². The molecule has 1 amide bonds. The Kier molecular flexibility index (Phi) is 5.48. The standard InChI is InChI=1S/C20H26ClN3O/c1-14(2)19-18(20(25)23(3)13-15-7-4-5-8-15)12-22-24(19)17-10-6-9-16(21)11-17/h6,9-12,14-15H,4-5,7-8,13H2,1-3H3. The van der Waals surface area contributed by atoms with Crippen molar-refractivity contribution in [3.8, 4) is 5.69 Å². The first-order valence-corrected chi connectivity index (χ1v) is 9.44. The quantitative estimate of drug-likeness (QED) is 0.760. The van der Waals surface area contributed by atoms with Crippen LogP contribution in [0.15, 0.2) is 30.5 Å². The molecular formula is C20H26ClN3O. The molecule has 0 unspecified atom stereocenters. The number of hydrogen-bond acceptors (Lipinski definition) is 2. The highest BCUT2D eigenvalue weighted by atomic mass is 35.5. The predicted octanol–water partition coefficient (Wildman–Crippen LogP) is 4.91. The molecule has 1 heterocycles. The van der Waals surface area contributed by atoms with Crippen LogP contribution in [0.5, 0.6) is 0 Å². The molecule has 0 atom stereocenters. The highest BCUT2D eigenvalue weighted by Gasteiger charge is 2.25. The van der Waals surface area contributed by atoms with Crippen molar-refractivity contribution in [2.45, 2.75) is 45.4 Å².